The van der Waals surface area contributed by atoms with Gasteiger partial charge in [0.2, 0.25) is 5.91 Å². The van der Waals surface area contributed by atoms with Crippen molar-refractivity contribution in [3.8, 4) is 0 Å². The average Bonchev–Trinajstić information content (AvgIpc) is 3.25. The van der Waals surface area contributed by atoms with Crippen LogP contribution in [-0.4, -0.2) is 40.9 Å². The largest absolute Gasteiger partial charge is 0.511 e. The summed E-state index contributed by atoms with van der Waals surface area (Å²) in [5.74, 6) is 1.84. The first kappa shape index (κ1) is 21.2. The maximum Gasteiger partial charge on any atom is 0.230 e. The van der Waals surface area contributed by atoms with E-state index in [0.29, 0.717) is 24.0 Å². The molecule has 0 fully saturated rings. The van der Waals surface area contributed by atoms with Gasteiger partial charge in [0.1, 0.15) is 11.5 Å². The molecule has 1 aliphatic heterocycles. The van der Waals surface area contributed by atoms with Gasteiger partial charge in [0.25, 0.3) is 0 Å². The SMILES string of the molecule is O=C(CSCc1ccco1)NCC(O)=CCc1cc(CC2CC=CCN2)ccn1. The number of rotatable bonds is 10. The fourth-order valence-electron chi connectivity index (χ4n) is 3.04. The van der Waals surface area contributed by atoms with Crippen molar-refractivity contribution >= 4 is 17.7 Å². The molecule has 0 aromatic carbocycles. The highest BCUT2D eigenvalue weighted by Gasteiger charge is 2.10. The van der Waals surface area contributed by atoms with Gasteiger partial charge in [0.15, 0.2) is 0 Å². The molecule has 3 heterocycles. The number of allylic oxidation sites excluding steroid dienone is 1. The van der Waals surface area contributed by atoms with Crippen molar-refractivity contribution in [2.45, 2.75) is 31.1 Å². The van der Waals surface area contributed by atoms with E-state index in [1.54, 1.807) is 12.3 Å². The third-order valence-electron chi connectivity index (χ3n) is 4.55. The number of furan rings is 1. The van der Waals surface area contributed by atoms with Gasteiger partial charge < -0.3 is 20.2 Å². The molecule has 154 valence electrons. The highest BCUT2D eigenvalue weighted by Crippen LogP contribution is 2.12. The van der Waals surface area contributed by atoms with Crippen LogP contribution in [0.15, 0.2) is 65.1 Å². The zero-order chi connectivity index (χ0) is 20.3. The number of hydrogen-bond donors (Lipinski definition) is 3. The molecular formula is C22H27N3O3S. The van der Waals surface area contributed by atoms with Crippen LogP contribution in [0.4, 0.5) is 0 Å². The lowest BCUT2D eigenvalue weighted by molar-refractivity contribution is -0.118. The monoisotopic (exact) mass is 413 g/mol. The van der Waals surface area contributed by atoms with Gasteiger partial charge >= 0.3 is 0 Å². The van der Waals surface area contributed by atoms with Crippen LogP contribution < -0.4 is 10.6 Å². The molecule has 2 aromatic rings. The van der Waals surface area contributed by atoms with Gasteiger partial charge in [-0.05, 0) is 48.7 Å². The third-order valence-corrected chi connectivity index (χ3v) is 5.50. The zero-order valence-electron chi connectivity index (χ0n) is 16.3. The number of hydrogen-bond acceptors (Lipinski definition) is 6. The molecule has 1 unspecified atom stereocenters. The zero-order valence-corrected chi connectivity index (χ0v) is 17.2. The van der Waals surface area contributed by atoms with Crippen LogP contribution in [0.2, 0.25) is 0 Å². The predicted molar refractivity (Wildman–Crippen MR) is 116 cm³/mol. The quantitative estimate of drug-likeness (QED) is 0.410. The maximum atomic E-state index is 11.9. The normalized spacial score (nSPS) is 16.7. The average molecular weight is 414 g/mol. The van der Waals surface area contributed by atoms with E-state index in [0.717, 1.165) is 30.8 Å². The van der Waals surface area contributed by atoms with Crippen molar-refractivity contribution in [1.82, 2.24) is 15.6 Å². The number of nitrogens with one attached hydrogen (secondary N) is 2. The smallest absolute Gasteiger partial charge is 0.230 e. The Morgan fingerprint density at radius 1 is 1.41 bits per heavy atom. The van der Waals surface area contributed by atoms with Gasteiger partial charge in [-0.15, -0.1) is 11.8 Å². The van der Waals surface area contributed by atoms with Gasteiger partial charge in [0, 0.05) is 30.9 Å². The minimum Gasteiger partial charge on any atom is -0.511 e. The van der Waals surface area contributed by atoms with Crippen LogP contribution in [-0.2, 0) is 23.4 Å². The standard InChI is InChI=1S/C22H27N3O3S/c26-20(14-25-22(27)16-29-15-21-5-3-11-28-21)7-6-19-13-17(8-10-24-19)12-18-4-1-2-9-23-18/h1-3,5,7-8,10-11,13,18,23,26H,4,6,9,12,14-16H2,(H,25,27). The van der Waals surface area contributed by atoms with Crippen LogP contribution >= 0.6 is 11.8 Å². The molecule has 0 aliphatic carbocycles. The second kappa shape index (κ2) is 11.5. The fourth-order valence-corrected chi connectivity index (χ4v) is 3.80. The molecule has 3 rings (SSSR count). The molecule has 6 nitrogen and oxygen atoms in total. The number of amides is 1. The second-order valence-corrected chi connectivity index (χ2v) is 7.91. The van der Waals surface area contributed by atoms with Crippen molar-refractivity contribution < 1.29 is 14.3 Å². The molecule has 0 saturated heterocycles. The molecule has 2 aromatic heterocycles. The van der Waals surface area contributed by atoms with Gasteiger partial charge in [0.05, 0.1) is 24.3 Å². The van der Waals surface area contributed by atoms with E-state index in [9.17, 15) is 9.90 Å². The lowest BCUT2D eigenvalue weighted by atomic mass is 10.0. The van der Waals surface area contributed by atoms with Crippen LogP contribution in [0.25, 0.3) is 0 Å². The van der Waals surface area contributed by atoms with E-state index in [1.165, 1.54) is 17.3 Å². The Bertz CT molecular complexity index is 834. The number of nitrogens with zero attached hydrogens (tertiary/aromatic N) is 1. The third kappa shape index (κ3) is 7.79. The number of carbonyl (C=O) groups is 1. The summed E-state index contributed by atoms with van der Waals surface area (Å²) in [5.41, 5.74) is 2.14. The number of aliphatic hydroxyl groups is 1. The van der Waals surface area contributed by atoms with Gasteiger partial charge in [-0.2, -0.15) is 0 Å². The molecule has 0 radical (unpaired) electrons. The Labute approximate surface area is 175 Å². The van der Waals surface area contributed by atoms with E-state index < -0.39 is 0 Å². The lowest BCUT2D eigenvalue weighted by Gasteiger charge is -2.19. The van der Waals surface area contributed by atoms with E-state index in [1.807, 2.05) is 24.4 Å². The molecule has 1 aliphatic rings. The second-order valence-electron chi connectivity index (χ2n) is 6.92. The number of pyridine rings is 1. The maximum absolute atomic E-state index is 11.9. The van der Waals surface area contributed by atoms with E-state index in [4.69, 9.17) is 4.42 Å². The highest BCUT2D eigenvalue weighted by atomic mass is 32.2. The minimum absolute atomic E-state index is 0.115. The van der Waals surface area contributed by atoms with Gasteiger partial charge in [-0.3, -0.25) is 9.78 Å². The molecule has 1 amide bonds. The van der Waals surface area contributed by atoms with E-state index in [2.05, 4.69) is 33.8 Å². The first-order valence-electron chi connectivity index (χ1n) is 9.76. The molecule has 3 N–H and O–H groups in total. The Kier molecular flexibility index (Phi) is 8.40. The van der Waals surface area contributed by atoms with Crippen molar-refractivity contribution in [3.05, 3.63) is 77.7 Å². The number of thioether (sulfide) groups is 1. The molecule has 29 heavy (non-hydrogen) atoms. The summed E-state index contributed by atoms with van der Waals surface area (Å²) in [6.45, 7) is 1.05. The lowest BCUT2D eigenvalue weighted by Crippen LogP contribution is -2.33. The Hall–Kier alpha value is -2.51. The van der Waals surface area contributed by atoms with Crippen molar-refractivity contribution in [2.24, 2.45) is 0 Å². The first-order valence-corrected chi connectivity index (χ1v) is 10.9. The molecule has 0 spiro atoms. The fraction of sp³-hybridized carbons (Fsp3) is 0.364. The van der Waals surface area contributed by atoms with Gasteiger partial charge in [-0.1, -0.05) is 12.2 Å². The number of aromatic nitrogens is 1. The topological polar surface area (TPSA) is 87.4 Å². The molecular weight excluding hydrogens is 386 g/mol. The van der Waals surface area contributed by atoms with Crippen molar-refractivity contribution in [3.63, 3.8) is 0 Å². The highest BCUT2D eigenvalue weighted by molar-refractivity contribution is 7.99. The summed E-state index contributed by atoms with van der Waals surface area (Å²) >= 11 is 1.47. The first-order chi connectivity index (χ1) is 14.2. The number of aliphatic hydroxyl groups excluding tert-OH is 1. The Morgan fingerprint density at radius 2 is 2.34 bits per heavy atom. The van der Waals surface area contributed by atoms with Crippen LogP contribution in [0.3, 0.4) is 0 Å². The number of carbonyl (C=O) groups excluding carboxylic acids is 1. The van der Waals surface area contributed by atoms with E-state index in [-0.39, 0.29) is 18.2 Å². The molecule has 0 bridgehead atoms. The summed E-state index contributed by atoms with van der Waals surface area (Å²) in [7, 11) is 0. The molecule has 1 atom stereocenters. The summed E-state index contributed by atoms with van der Waals surface area (Å²) in [4.78, 5) is 16.2. The minimum atomic E-state index is -0.115. The summed E-state index contributed by atoms with van der Waals surface area (Å²) in [6, 6.07) is 8.28. The Balaban J connectivity index is 1.38. The van der Waals surface area contributed by atoms with Crippen LogP contribution in [0, 0.1) is 0 Å². The molecule has 7 heteroatoms. The molecule has 0 saturated carbocycles. The van der Waals surface area contributed by atoms with E-state index >= 15 is 0 Å². The van der Waals surface area contributed by atoms with Crippen molar-refractivity contribution in [2.75, 3.05) is 18.8 Å². The summed E-state index contributed by atoms with van der Waals surface area (Å²) in [5, 5.41) is 16.2. The van der Waals surface area contributed by atoms with Crippen molar-refractivity contribution in [1.29, 1.82) is 0 Å². The summed E-state index contributed by atoms with van der Waals surface area (Å²) < 4.78 is 5.22. The predicted octanol–water partition coefficient (Wildman–Crippen LogP) is 3.17. The van der Waals surface area contributed by atoms with Gasteiger partial charge in [-0.25, -0.2) is 0 Å². The Morgan fingerprint density at radius 3 is 3.14 bits per heavy atom. The van der Waals surface area contributed by atoms with Crippen LogP contribution in [0.1, 0.15) is 23.4 Å². The van der Waals surface area contributed by atoms with Crippen LogP contribution in [0.5, 0.6) is 0 Å². The summed E-state index contributed by atoms with van der Waals surface area (Å²) in [6.07, 6.45) is 12.0.